The number of nitro benzene ring substituents is 1. The van der Waals surface area contributed by atoms with Gasteiger partial charge in [0, 0.05) is 21.3 Å². The molecule has 0 aliphatic carbocycles. The molecule has 0 aliphatic heterocycles. The number of hydrogen-bond acceptors (Lipinski definition) is 3. The first kappa shape index (κ1) is 12.7. The number of Topliss-reactive ketones (excluding diaryl/α,β-unsaturated/α-hetero) is 1. The zero-order valence-corrected chi connectivity index (χ0v) is 10.8. The van der Waals surface area contributed by atoms with E-state index in [1.165, 1.54) is 6.07 Å². The van der Waals surface area contributed by atoms with Gasteiger partial charge < -0.3 is 0 Å². The minimum Gasteiger partial charge on any atom is -0.293 e. The van der Waals surface area contributed by atoms with E-state index in [1.54, 1.807) is 0 Å². The molecular weight excluding hydrogens is 356 g/mol. The van der Waals surface area contributed by atoms with Crippen molar-refractivity contribution in [2.45, 2.75) is 0 Å². The Kier molecular flexibility index (Phi) is 4.30. The van der Waals surface area contributed by atoms with E-state index in [1.807, 2.05) is 22.6 Å². The molecule has 0 spiro atoms. The van der Waals surface area contributed by atoms with Crippen molar-refractivity contribution in [1.29, 1.82) is 0 Å². The van der Waals surface area contributed by atoms with Gasteiger partial charge in [0.05, 0.1) is 15.8 Å². The van der Waals surface area contributed by atoms with Crippen LogP contribution in [0.15, 0.2) is 12.1 Å². The molecule has 0 aliphatic rings. The first-order chi connectivity index (χ1) is 6.97. The van der Waals surface area contributed by atoms with Crippen LogP contribution in [-0.2, 0) is 0 Å². The molecule has 1 aromatic carbocycles. The summed E-state index contributed by atoms with van der Waals surface area (Å²) < 4.78 is 0.455. The third-order valence-corrected chi connectivity index (χ3v) is 3.47. The molecule has 15 heavy (non-hydrogen) atoms. The molecule has 7 heteroatoms. The fourth-order valence-electron chi connectivity index (χ4n) is 0.955. The Bertz CT molecular complexity index is 436. The van der Waals surface area contributed by atoms with E-state index < -0.39 is 10.7 Å². The first-order valence-corrected chi connectivity index (χ1v) is 5.69. The fourth-order valence-corrected chi connectivity index (χ4v) is 1.92. The predicted molar refractivity (Wildman–Crippen MR) is 65.9 cm³/mol. The highest BCUT2D eigenvalue weighted by atomic mass is 127. The van der Waals surface area contributed by atoms with Crippen LogP contribution >= 0.6 is 45.8 Å². The molecular formula is C8H4Cl2INO3. The summed E-state index contributed by atoms with van der Waals surface area (Å²) in [5, 5.41) is 10.7. The van der Waals surface area contributed by atoms with Crippen molar-refractivity contribution in [2.24, 2.45) is 0 Å². The van der Waals surface area contributed by atoms with Crippen LogP contribution in [0.25, 0.3) is 0 Å². The van der Waals surface area contributed by atoms with Gasteiger partial charge >= 0.3 is 0 Å². The zero-order valence-electron chi connectivity index (χ0n) is 7.17. The number of non-ortho nitro benzene ring substituents is 1. The minimum atomic E-state index is -0.580. The van der Waals surface area contributed by atoms with Gasteiger partial charge in [0.2, 0.25) is 0 Å². The van der Waals surface area contributed by atoms with Crippen LogP contribution in [0.3, 0.4) is 0 Å². The lowest BCUT2D eigenvalue weighted by Crippen LogP contribution is -2.03. The minimum absolute atomic E-state index is 0.0882. The van der Waals surface area contributed by atoms with Crippen LogP contribution in [0.4, 0.5) is 5.69 Å². The van der Waals surface area contributed by atoms with Crippen molar-refractivity contribution in [3.05, 3.63) is 36.4 Å². The zero-order chi connectivity index (χ0) is 11.6. The van der Waals surface area contributed by atoms with Gasteiger partial charge in [-0.05, 0) is 22.6 Å². The van der Waals surface area contributed by atoms with Gasteiger partial charge in [0.15, 0.2) is 5.78 Å². The summed E-state index contributed by atoms with van der Waals surface area (Å²) in [7, 11) is 0. The number of hydrogen-bond donors (Lipinski definition) is 0. The van der Waals surface area contributed by atoms with E-state index in [0.717, 1.165) is 6.07 Å². The summed E-state index contributed by atoms with van der Waals surface area (Å²) in [4.78, 5) is 21.3. The number of alkyl halides is 1. The largest absolute Gasteiger partial charge is 0.293 e. The maximum Gasteiger partial charge on any atom is 0.271 e. The van der Waals surface area contributed by atoms with Crippen LogP contribution < -0.4 is 0 Å². The van der Waals surface area contributed by atoms with Crippen LogP contribution in [0.5, 0.6) is 0 Å². The number of halogens is 3. The lowest BCUT2D eigenvalue weighted by molar-refractivity contribution is -0.385. The van der Waals surface area contributed by atoms with E-state index in [4.69, 9.17) is 23.2 Å². The second kappa shape index (κ2) is 5.09. The van der Waals surface area contributed by atoms with Gasteiger partial charge in [-0.1, -0.05) is 11.6 Å². The third kappa shape index (κ3) is 2.79. The molecule has 4 nitrogen and oxygen atoms in total. The molecule has 0 heterocycles. The van der Waals surface area contributed by atoms with Crippen molar-refractivity contribution in [3.8, 4) is 0 Å². The topological polar surface area (TPSA) is 60.2 Å². The standard InChI is InChI=1S/C8H4Cl2INO3/c9-3-7(13)5-1-4(12(14)15)2-6(11)8(5)10/h1-2H,3H2. The molecule has 0 N–H and O–H groups in total. The summed E-state index contributed by atoms with van der Waals surface area (Å²) in [6.45, 7) is 0. The molecule has 0 bridgehead atoms. The van der Waals surface area contributed by atoms with Crippen LogP contribution in [0.2, 0.25) is 5.02 Å². The number of carbonyl (C=O) groups is 1. The monoisotopic (exact) mass is 359 g/mol. The molecule has 1 aromatic rings. The second-order valence-corrected chi connectivity index (χ2v) is 4.41. The number of benzene rings is 1. The van der Waals surface area contributed by atoms with Crippen molar-refractivity contribution in [3.63, 3.8) is 0 Å². The van der Waals surface area contributed by atoms with Gasteiger partial charge in [0.1, 0.15) is 0 Å². The van der Waals surface area contributed by atoms with Crippen molar-refractivity contribution in [1.82, 2.24) is 0 Å². The number of nitrogens with zero attached hydrogens (tertiary/aromatic N) is 1. The maximum atomic E-state index is 11.3. The van der Waals surface area contributed by atoms with E-state index in [-0.39, 0.29) is 22.2 Å². The predicted octanol–water partition coefficient (Wildman–Crippen LogP) is 3.27. The lowest BCUT2D eigenvalue weighted by atomic mass is 10.1. The van der Waals surface area contributed by atoms with Gasteiger partial charge in [0.25, 0.3) is 5.69 Å². The average molecular weight is 360 g/mol. The highest BCUT2D eigenvalue weighted by molar-refractivity contribution is 14.1. The van der Waals surface area contributed by atoms with Crippen molar-refractivity contribution < 1.29 is 9.72 Å². The number of rotatable bonds is 3. The lowest BCUT2D eigenvalue weighted by Gasteiger charge is -2.03. The van der Waals surface area contributed by atoms with Crippen LogP contribution in [0, 0.1) is 13.7 Å². The number of ketones is 1. The normalized spacial score (nSPS) is 10.1. The summed E-state index contributed by atoms with van der Waals surface area (Å²) in [5.74, 6) is -0.681. The van der Waals surface area contributed by atoms with Crippen molar-refractivity contribution in [2.75, 3.05) is 5.88 Å². The van der Waals surface area contributed by atoms with Gasteiger partial charge in [-0.3, -0.25) is 14.9 Å². The Morgan fingerprint density at radius 3 is 2.60 bits per heavy atom. The molecule has 0 fully saturated rings. The van der Waals surface area contributed by atoms with E-state index >= 15 is 0 Å². The third-order valence-electron chi connectivity index (χ3n) is 1.65. The first-order valence-electron chi connectivity index (χ1n) is 3.70. The Labute approximate surface area is 109 Å². The Balaban J connectivity index is 3.37. The van der Waals surface area contributed by atoms with E-state index in [0.29, 0.717) is 3.57 Å². The molecule has 1 rings (SSSR count). The molecule has 0 saturated carbocycles. The smallest absolute Gasteiger partial charge is 0.271 e. The van der Waals surface area contributed by atoms with Crippen LogP contribution in [-0.4, -0.2) is 16.6 Å². The quantitative estimate of drug-likeness (QED) is 0.273. The SMILES string of the molecule is O=C(CCl)c1cc([N+](=O)[O-])cc(I)c1Cl. The molecule has 0 atom stereocenters. The summed E-state index contributed by atoms with van der Waals surface area (Å²) in [6, 6.07) is 2.43. The van der Waals surface area contributed by atoms with E-state index in [9.17, 15) is 14.9 Å². The Morgan fingerprint density at radius 1 is 1.53 bits per heavy atom. The number of carbonyl (C=O) groups excluding carboxylic acids is 1. The highest BCUT2D eigenvalue weighted by Gasteiger charge is 2.18. The molecule has 0 aromatic heterocycles. The average Bonchev–Trinajstić information content (AvgIpc) is 2.20. The van der Waals surface area contributed by atoms with Gasteiger partial charge in [-0.15, -0.1) is 11.6 Å². The van der Waals surface area contributed by atoms with Crippen LogP contribution in [0.1, 0.15) is 10.4 Å². The summed E-state index contributed by atoms with van der Waals surface area (Å²) in [6.07, 6.45) is 0. The molecule has 0 amide bonds. The Morgan fingerprint density at radius 2 is 2.13 bits per heavy atom. The van der Waals surface area contributed by atoms with Crippen molar-refractivity contribution >= 4 is 57.3 Å². The highest BCUT2D eigenvalue weighted by Crippen LogP contribution is 2.28. The number of nitro groups is 1. The summed E-state index contributed by atoms with van der Waals surface area (Å²) >= 11 is 13.0. The van der Waals surface area contributed by atoms with Gasteiger partial charge in [-0.25, -0.2) is 0 Å². The molecule has 0 radical (unpaired) electrons. The summed E-state index contributed by atoms with van der Waals surface area (Å²) in [5.41, 5.74) is -0.0810. The Hall–Kier alpha value is -0.400. The fraction of sp³-hybridized carbons (Fsp3) is 0.125. The van der Waals surface area contributed by atoms with E-state index in [2.05, 4.69) is 0 Å². The maximum absolute atomic E-state index is 11.3. The van der Waals surface area contributed by atoms with Gasteiger partial charge in [-0.2, -0.15) is 0 Å². The second-order valence-electron chi connectivity index (χ2n) is 2.60. The molecule has 80 valence electrons. The molecule has 0 unspecified atom stereocenters. The molecule has 0 saturated heterocycles.